The third-order valence-electron chi connectivity index (χ3n) is 6.32. The quantitative estimate of drug-likeness (QED) is 0.279. The summed E-state index contributed by atoms with van der Waals surface area (Å²) in [5.41, 5.74) is 18.8. The molecule has 0 heterocycles. The molecule has 0 spiro atoms. The van der Waals surface area contributed by atoms with E-state index >= 15 is 0 Å². The van der Waals surface area contributed by atoms with Crippen molar-refractivity contribution in [2.75, 3.05) is 19.8 Å². The maximum absolute atomic E-state index is 11.2. The van der Waals surface area contributed by atoms with Crippen LogP contribution in [0.5, 0.6) is 5.75 Å². The summed E-state index contributed by atoms with van der Waals surface area (Å²) in [6.07, 6.45) is 2.46. The Morgan fingerprint density at radius 3 is 1.29 bits per heavy atom. The Hall–Kier alpha value is -1.22. The van der Waals surface area contributed by atoms with Crippen molar-refractivity contribution in [1.29, 1.82) is 0 Å². The normalized spacial score (nSPS) is 18.3. The molecule has 0 amide bonds. The van der Waals surface area contributed by atoms with E-state index < -0.39 is 16.6 Å². The summed E-state index contributed by atoms with van der Waals surface area (Å²) < 4.78 is 0. The van der Waals surface area contributed by atoms with Gasteiger partial charge in [0.15, 0.2) is 0 Å². The zero-order valence-corrected chi connectivity index (χ0v) is 17.5. The molecule has 0 aromatic heterocycles. The molecule has 1 aromatic carbocycles. The maximum atomic E-state index is 11.2. The van der Waals surface area contributed by atoms with Gasteiger partial charge in [0.1, 0.15) is 5.75 Å². The molecule has 0 bridgehead atoms. The average molecular weight is 398 g/mol. The first-order valence-electron chi connectivity index (χ1n) is 10.2. The fourth-order valence-electron chi connectivity index (χ4n) is 3.81. The molecule has 3 unspecified atom stereocenters. The molecule has 0 aliphatic heterocycles. The molecular weight excluding hydrogens is 358 g/mol. The van der Waals surface area contributed by atoms with Gasteiger partial charge in [0.25, 0.3) is 0 Å². The minimum Gasteiger partial charge on any atom is -0.507 e. The summed E-state index contributed by atoms with van der Waals surface area (Å²) in [4.78, 5) is 0. The second-order valence-corrected chi connectivity index (χ2v) is 7.87. The summed E-state index contributed by atoms with van der Waals surface area (Å²) in [6, 6.07) is 3.57. The Morgan fingerprint density at radius 2 is 1.00 bits per heavy atom. The highest BCUT2D eigenvalue weighted by atomic mass is 16.3. The summed E-state index contributed by atoms with van der Waals surface area (Å²) in [7, 11) is 0. The monoisotopic (exact) mass is 397 g/mol. The van der Waals surface area contributed by atoms with Gasteiger partial charge in [-0.3, -0.25) is 0 Å². The molecule has 0 saturated carbocycles. The Labute approximate surface area is 168 Å². The van der Waals surface area contributed by atoms with Gasteiger partial charge < -0.3 is 37.6 Å². The van der Waals surface area contributed by atoms with Crippen molar-refractivity contribution in [3.05, 3.63) is 28.8 Å². The lowest BCUT2D eigenvalue weighted by atomic mass is 9.74. The zero-order valence-electron chi connectivity index (χ0n) is 17.5. The summed E-state index contributed by atoms with van der Waals surface area (Å²) >= 11 is 0. The van der Waals surface area contributed by atoms with Crippen LogP contribution >= 0.6 is 0 Å². The van der Waals surface area contributed by atoms with Crippen molar-refractivity contribution < 1.29 is 20.4 Å². The number of aromatic hydroxyl groups is 1. The molecule has 28 heavy (non-hydrogen) atoms. The summed E-state index contributed by atoms with van der Waals surface area (Å²) in [5.74, 6) is -0.0122. The molecule has 1 aromatic rings. The highest BCUT2D eigenvalue weighted by molar-refractivity contribution is 5.52. The number of phenols is 1. The molecule has 0 saturated heterocycles. The van der Waals surface area contributed by atoms with Crippen LogP contribution in [-0.2, 0) is 16.6 Å². The molecule has 10 N–H and O–H groups in total. The largest absolute Gasteiger partial charge is 0.507 e. The lowest BCUT2D eigenvalue weighted by molar-refractivity contribution is 0.223. The average Bonchev–Trinajstić information content (AvgIpc) is 2.68. The van der Waals surface area contributed by atoms with Crippen molar-refractivity contribution in [2.24, 2.45) is 17.2 Å². The predicted molar refractivity (Wildman–Crippen MR) is 112 cm³/mol. The van der Waals surface area contributed by atoms with Gasteiger partial charge in [0, 0.05) is 47.6 Å². The lowest BCUT2D eigenvalue weighted by Crippen LogP contribution is -2.42. The zero-order chi connectivity index (χ0) is 21.6. The highest BCUT2D eigenvalue weighted by Gasteiger charge is 2.37. The van der Waals surface area contributed by atoms with Crippen LogP contribution in [0.25, 0.3) is 0 Å². The molecule has 1 rings (SSSR count). The molecule has 7 nitrogen and oxygen atoms in total. The number of aliphatic hydroxyl groups is 3. The first-order chi connectivity index (χ1) is 13.1. The number of nitrogens with two attached hydrogens (primary N) is 3. The van der Waals surface area contributed by atoms with Crippen LogP contribution in [0.2, 0.25) is 0 Å². The van der Waals surface area contributed by atoms with Crippen LogP contribution < -0.4 is 17.2 Å². The van der Waals surface area contributed by atoms with Gasteiger partial charge in [-0.25, -0.2) is 0 Å². The number of hydrogen-bond donors (Lipinski definition) is 7. The number of aliphatic hydroxyl groups excluding tert-OH is 3. The minimum atomic E-state index is -0.953. The number of rotatable bonds is 12. The molecule has 3 atom stereocenters. The third kappa shape index (κ3) is 4.84. The first-order valence-corrected chi connectivity index (χ1v) is 10.2. The number of hydrogen-bond acceptors (Lipinski definition) is 7. The van der Waals surface area contributed by atoms with Crippen molar-refractivity contribution in [2.45, 2.75) is 75.9 Å². The Morgan fingerprint density at radius 1 is 0.679 bits per heavy atom. The second kappa shape index (κ2) is 10.0. The van der Waals surface area contributed by atoms with Gasteiger partial charge in [-0.05, 0) is 56.2 Å². The number of phenolic OH excluding ortho intramolecular Hbond substituents is 1. The second-order valence-electron chi connectivity index (χ2n) is 7.87. The lowest BCUT2D eigenvalue weighted by Gasteiger charge is -2.37. The maximum Gasteiger partial charge on any atom is 0.125 e. The smallest absolute Gasteiger partial charge is 0.125 e. The van der Waals surface area contributed by atoms with E-state index in [2.05, 4.69) is 0 Å². The van der Waals surface area contributed by atoms with Crippen LogP contribution in [0.4, 0.5) is 0 Å². The van der Waals surface area contributed by atoms with Crippen molar-refractivity contribution in [3.63, 3.8) is 0 Å². The van der Waals surface area contributed by atoms with Gasteiger partial charge in [-0.15, -0.1) is 0 Å². The Balaban J connectivity index is 3.86. The van der Waals surface area contributed by atoms with Crippen LogP contribution in [0.1, 0.15) is 76.0 Å². The molecule has 162 valence electrons. The third-order valence-corrected chi connectivity index (χ3v) is 6.32. The first kappa shape index (κ1) is 24.8. The van der Waals surface area contributed by atoms with E-state index in [0.29, 0.717) is 36.8 Å². The van der Waals surface area contributed by atoms with E-state index in [4.69, 9.17) is 17.2 Å². The van der Waals surface area contributed by atoms with E-state index in [0.717, 1.165) is 5.56 Å². The van der Waals surface area contributed by atoms with Gasteiger partial charge in [0.2, 0.25) is 0 Å². The van der Waals surface area contributed by atoms with Crippen molar-refractivity contribution in [3.8, 4) is 5.75 Å². The summed E-state index contributed by atoms with van der Waals surface area (Å²) in [6.45, 7) is 5.40. The van der Waals surface area contributed by atoms with Crippen molar-refractivity contribution >= 4 is 0 Å². The van der Waals surface area contributed by atoms with E-state index in [1.165, 1.54) is 0 Å². The SMILES string of the molecule is CCC(N)(CCO)c1cc(C(N)(CC)CCO)c(O)c(C(N)(CC)CCO)c1. The Bertz CT molecular complexity index is 601. The van der Waals surface area contributed by atoms with Gasteiger partial charge in [0.05, 0.1) is 0 Å². The Kier molecular flexibility index (Phi) is 8.87. The molecule has 0 radical (unpaired) electrons. The summed E-state index contributed by atoms with van der Waals surface area (Å²) in [5, 5.41) is 39.7. The fourth-order valence-corrected chi connectivity index (χ4v) is 3.81. The minimum absolute atomic E-state index is 0.0122. The van der Waals surface area contributed by atoms with Crippen molar-refractivity contribution in [1.82, 2.24) is 0 Å². The van der Waals surface area contributed by atoms with Gasteiger partial charge >= 0.3 is 0 Å². The molecule has 7 heteroatoms. The predicted octanol–water partition coefficient (Wildman–Crippen LogP) is 1.23. The van der Waals surface area contributed by atoms with Crippen LogP contribution in [0.15, 0.2) is 12.1 Å². The van der Waals surface area contributed by atoms with Crippen LogP contribution in [0, 0.1) is 0 Å². The fraction of sp³-hybridized carbons (Fsp3) is 0.714. The van der Waals surface area contributed by atoms with E-state index in [1.54, 1.807) is 12.1 Å². The van der Waals surface area contributed by atoms with Gasteiger partial charge in [-0.1, -0.05) is 20.8 Å². The topological polar surface area (TPSA) is 159 Å². The van der Waals surface area contributed by atoms with Crippen LogP contribution in [0.3, 0.4) is 0 Å². The van der Waals surface area contributed by atoms with E-state index in [1.807, 2.05) is 20.8 Å². The van der Waals surface area contributed by atoms with Crippen LogP contribution in [-0.4, -0.2) is 40.2 Å². The van der Waals surface area contributed by atoms with E-state index in [9.17, 15) is 20.4 Å². The van der Waals surface area contributed by atoms with E-state index in [-0.39, 0.29) is 38.4 Å². The molecule has 0 aliphatic carbocycles. The standard InChI is InChI=1S/C21H39N3O4/c1-4-19(22,7-10-25)15-13-16(20(23,5-2)8-11-26)18(28)17(14-15)21(24,6-3)9-12-27/h13-14,25-28H,4-12,22-24H2,1-3H3. The molecule has 0 fully saturated rings. The molecular formula is C21H39N3O4. The number of benzene rings is 1. The molecule has 0 aliphatic rings. The van der Waals surface area contributed by atoms with Gasteiger partial charge in [-0.2, -0.15) is 0 Å². The highest BCUT2D eigenvalue weighted by Crippen LogP contribution is 2.43.